The number of benzene rings is 2. The molecule has 1 aromatic heterocycles. The van der Waals surface area contributed by atoms with E-state index in [1.807, 2.05) is 18.2 Å². The van der Waals surface area contributed by atoms with Crippen LogP contribution in [0.25, 0.3) is 10.9 Å². The SMILES string of the molecule is C#Cc1cc(OC)c2nc(Nc3cccc(N4CCOCC4)c3)ncc2c1. The second kappa shape index (κ2) is 7.52. The largest absolute Gasteiger partial charge is 0.494 e. The minimum Gasteiger partial charge on any atom is -0.494 e. The molecule has 0 radical (unpaired) electrons. The fraction of sp³-hybridized carbons (Fsp3) is 0.238. The van der Waals surface area contributed by atoms with Crippen molar-refractivity contribution in [2.24, 2.45) is 0 Å². The van der Waals surface area contributed by atoms with Crippen molar-refractivity contribution < 1.29 is 9.47 Å². The van der Waals surface area contributed by atoms with E-state index >= 15 is 0 Å². The number of ether oxygens (including phenoxy) is 2. The Morgan fingerprint density at radius 3 is 2.85 bits per heavy atom. The zero-order valence-electron chi connectivity index (χ0n) is 15.1. The number of nitrogens with zero attached hydrogens (tertiary/aromatic N) is 3. The topological polar surface area (TPSA) is 59.5 Å². The molecule has 6 heteroatoms. The average molecular weight is 360 g/mol. The van der Waals surface area contributed by atoms with Gasteiger partial charge >= 0.3 is 0 Å². The van der Waals surface area contributed by atoms with Crippen molar-refractivity contribution >= 4 is 28.2 Å². The number of aromatic nitrogens is 2. The molecule has 1 aliphatic rings. The van der Waals surface area contributed by atoms with E-state index in [0.717, 1.165) is 54.1 Å². The Hall–Kier alpha value is -3.30. The molecule has 1 aliphatic heterocycles. The van der Waals surface area contributed by atoms with Gasteiger partial charge in [-0.05, 0) is 30.3 Å². The van der Waals surface area contributed by atoms with E-state index < -0.39 is 0 Å². The lowest BCUT2D eigenvalue weighted by molar-refractivity contribution is 0.122. The number of rotatable bonds is 4. The zero-order valence-corrected chi connectivity index (χ0v) is 15.1. The summed E-state index contributed by atoms with van der Waals surface area (Å²) in [6.45, 7) is 3.30. The van der Waals surface area contributed by atoms with E-state index in [9.17, 15) is 0 Å². The van der Waals surface area contributed by atoms with Crippen LogP contribution >= 0.6 is 0 Å². The van der Waals surface area contributed by atoms with Crippen molar-refractivity contribution in [2.75, 3.05) is 43.6 Å². The standard InChI is InChI=1S/C21H20N4O2/c1-3-15-11-16-14-22-21(24-20(16)19(12-15)26-2)23-17-5-4-6-18(13-17)25-7-9-27-10-8-25/h1,4-6,11-14H,7-10H2,2H3,(H,22,23,24). The molecule has 1 fully saturated rings. The van der Waals surface area contributed by atoms with Crippen LogP contribution in [-0.2, 0) is 4.74 Å². The number of fused-ring (bicyclic) bond motifs is 1. The van der Waals surface area contributed by atoms with Crippen molar-refractivity contribution in [1.82, 2.24) is 9.97 Å². The molecule has 136 valence electrons. The van der Waals surface area contributed by atoms with Gasteiger partial charge in [0, 0.05) is 41.6 Å². The van der Waals surface area contributed by atoms with Crippen molar-refractivity contribution in [2.45, 2.75) is 0 Å². The molecular formula is C21H20N4O2. The highest BCUT2D eigenvalue weighted by Crippen LogP contribution is 2.27. The molecule has 0 amide bonds. The molecule has 2 heterocycles. The second-order valence-electron chi connectivity index (χ2n) is 6.23. The summed E-state index contributed by atoms with van der Waals surface area (Å²) in [4.78, 5) is 11.3. The molecule has 1 N–H and O–H groups in total. The molecule has 1 saturated heterocycles. The highest BCUT2D eigenvalue weighted by Gasteiger charge is 2.12. The van der Waals surface area contributed by atoms with E-state index in [1.165, 1.54) is 0 Å². The lowest BCUT2D eigenvalue weighted by atomic mass is 10.1. The number of methoxy groups -OCH3 is 1. The number of nitrogens with one attached hydrogen (secondary N) is 1. The van der Waals surface area contributed by atoms with E-state index in [-0.39, 0.29) is 0 Å². The molecule has 27 heavy (non-hydrogen) atoms. The van der Waals surface area contributed by atoms with Crippen LogP contribution in [-0.4, -0.2) is 43.4 Å². The van der Waals surface area contributed by atoms with Crippen LogP contribution in [0, 0.1) is 12.3 Å². The van der Waals surface area contributed by atoms with Crippen LogP contribution in [0.5, 0.6) is 5.75 Å². The Kier molecular flexibility index (Phi) is 4.77. The first-order valence-corrected chi connectivity index (χ1v) is 8.78. The maximum Gasteiger partial charge on any atom is 0.227 e. The van der Waals surface area contributed by atoms with Crippen LogP contribution in [0.4, 0.5) is 17.3 Å². The Bertz CT molecular complexity index is 1010. The van der Waals surface area contributed by atoms with Gasteiger partial charge in [0.25, 0.3) is 0 Å². The first kappa shape index (κ1) is 17.1. The smallest absolute Gasteiger partial charge is 0.227 e. The Morgan fingerprint density at radius 1 is 1.22 bits per heavy atom. The lowest BCUT2D eigenvalue weighted by Crippen LogP contribution is -2.36. The fourth-order valence-electron chi connectivity index (χ4n) is 3.14. The minimum atomic E-state index is 0.508. The third-order valence-corrected chi connectivity index (χ3v) is 4.51. The third kappa shape index (κ3) is 3.64. The number of morpholine rings is 1. The molecule has 0 atom stereocenters. The molecular weight excluding hydrogens is 340 g/mol. The van der Waals surface area contributed by atoms with Gasteiger partial charge in [-0.2, -0.15) is 0 Å². The number of anilines is 3. The predicted octanol–water partition coefficient (Wildman–Crippen LogP) is 3.20. The maximum atomic E-state index is 5.50. The quantitative estimate of drug-likeness (QED) is 0.721. The molecule has 0 saturated carbocycles. The summed E-state index contributed by atoms with van der Waals surface area (Å²) < 4.78 is 10.9. The number of hydrogen-bond acceptors (Lipinski definition) is 6. The molecule has 0 bridgehead atoms. The first-order valence-electron chi connectivity index (χ1n) is 8.78. The predicted molar refractivity (Wildman–Crippen MR) is 107 cm³/mol. The van der Waals surface area contributed by atoms with E-state index in [1.54, 1.807) is 19.4 Å². The van der Waals surface area contributed by atoms with Crippen LogP contribution in [0.15, 0.2) is 42.6 Å². The Morgan fingerprint density at radius 2 is 2.07 bits per heavy atom. The second-order valence-corrected chi connectivity index (χ2v) is 6.23. The summed E-state index contributed by atoms with van der Waals surface area (Å²) >= 11 is 0. The summed E-state index contributed by atoms with van der Waals surface area (Å²) in [5.74, 6) is 3.76. The molecule has 3 aromatic rings. The van der Waals surface area contributed by atoms with Gasteiger partial charge in [-0.25, -0.2) is 9.97 Å². The van der Waals surface area contributed by atoms with Gasteiger partial charge in [0.2, 0.25) is 5.95 Å². The van der Waals surface area contributed by atoms with E-state index in [0.29, 0.717) is 11.7 Å². The number of terminal acetylenes is 1. The van der Waals surface area contributed by atoms with Gasteiger partial charge in [0.15, 0.2) is 0 Å². The van der Waals surface area contributed by atoms with Crippen molar-refractivity contribution in [3.63, 3.8) is 0 Å². The maximum absolute atomic E-state index is 5.50. The summed E-state index contributed by atoms with van der Waals surface area (Å²) in [5, 5.41) is 4.12. The average Bonchev–Trinajstić information content (AvgIpc) is 2.74. The monoisotopic (exact) mass is 360 g/mol. The normalized spacial score (nSPS) is 14.0. The van der Waals surface area contributed by atoms with Crippen LogP contribution in [0.1, 0.15) is 5.56 Å². The van der Waals surface area contributed by atoms with Gasteiger partial charge in [0.1, 0.15) is 11.3 Å². The molecule has 4 rings (SSSR count). The summed E-state index contributed by atoms with van der Waals surface area (Å²) in [5.41, 5.74) is 3.54. The Balaban J connectivity index is 1.63. The first-order chi connectivity index (χ1) is 13.3. The summed E-state index contributed by atoms with van der Waals surface area (Å²) in [7, 11) is 1.61. The highest BCUT2D eigenvalue weighted by molar-refractivity contribution is 5.86. The van der Waals surface area contributed by atoms with Gasteiger partial charge < -0.3 is 19.7 Å². The fourth-order valence-corrected chi connectivity index (χ4v) is 3.14. The molecule has 2 aromatic carbocycles. The summed E-state index contributed by atoms with van der Waals surface area (Å²) in [6.07, 6.45) is 7.25. The van der Waals surface area contributed by atoms with E-state index in [2.05, 4.69) is 38.2 Å². The summed E-state index contributed by atoms with van der Waals surface area (Å²) in [6, 6.07) is 11.9. The van der Waals surface area contributed by atoms with Crippen molar-refractivity contribution in [3.05, 3.63) is 48.2 Å². The Labute approximate surface area is 158 Å². The van der Waals surface area contributed by atoms with Gasteiger partial charge in [0.05, 0.1) is 20.3 Å². The van der Waals surface area contributed by atoms with Crippen LogP contribution in [0.3, 0.4) is 0 Å². The number of hydrogen-bond donors (Lipinski definition) is 1. The van der Waals surface area contributed by atoms with E-state index in [4.69, 9.17) is 15.9 Å². The van der Waals surface area contributed by atoms with Crippen LogP contribution in [0.2, 0.25) is 0 Å². The molecule has 0 unspecified atom stereocenters. The molecule has 0 aliphatic carbocycles. The lowest BCUT2D eigenvalue weighted by Gasteiger charge is -2.29. The zero-order chi connectivity index (χ0) is 18.6. The van der Waals surface area contributed by atoms with Crippen LogP contribution < -0.4 is 15.0 Å². The van der Waals surface area contributed by atoms with Crippen molar-refractivity contribution in [3.8, 4) is 18.1 Å². The third-order valence-electron chi connectivity index (χ3n) is 4.51. The van der Waals surface area contributed by atoms with Gasteiger partial charge in [-0.3, -0.25) is 0 Å². The minimum absolute atomic E-state index is 0.508. The highest BCUT2D eigenvalue weighted by atomic mass is 16.5. The molecule has 0 spiro atoms. The van der Waals surface area contributed by atoms with Crippen molar-refractivity contribution in [1.29, 1.82) is 0 Å². The van der Waals surface area contributed by atoms with Gasteiger partial charge in [-0.1, -0.05) is 12.0 Å². The van der Waals surface area contributed by atoms with Gasteiger partial charge in [-0.15, -0.1) is 6.42 Å². The molecule has 6 nitrogen and oxygen atoms in total.